The first kappa shape index (κ1) is 13.7. The van der Waals surface area contributed by atoms with E-state index in [1.165, 1.54) is 24.3 Å². The van der Waals surface area contributed by atoms with Crippen LogP contribution in [0, 0.1) is 18.6 Å². The minimum Gasteiger partial charge on any atom is -0.207 e. The molecular weight excluding hydrogens is 242 g/mol. The average molecular weight is 255 g/mol. The molecule has 0 N–H and O–H groups in total. The van der Waals surface area contributed by atoms with Crippen molar-refractivity contribution in [2.24, 2.45) is 0 Å². The molecule has 2 aromatic rings. The van der Waals surface area contributed by atoms with E-state index >= 15 is 0 Å². The van der Waals surface area contributed by atoms with Crippen molar-refractivity contribution in [3.05, 3.63) is 71.3 Å². The maximum absolute atomic E-state index is 12.2. The highest BCUT2D eigenvalue weighted by Gasteiger charge is 1.88. The first-order valence-corrected chi connectivity index (χ1v) is 5.68. The van der Waals surface area contributed by atoms with E-state index in [0.29, 0.717) is 5.88 Å². The number of hydrogen-bond donors (Lipinski definition) is 0. The second-order valence-corrected chi connectivity index (χ2v) is 3.82. The predicted molar refractivity (Wildman–Crippen MR) is 67.1 cm³/mol. The molecule has 0 bridgehead atoms. The van der Waals surface area contributed by atoms with Crippen molar-refractivity contribution in [1.29, 1.82) is 0 Å². The molecule has 90 valence electrons. The summed E-state index contributed by atoms with van der Waals surface area (Å²) >= 11 is 5.46. The molecule has 3 heteroatoms. The van der Waals surface area contributed by atoms with Gasteiger partial charge in [0.15, 0.2) is 0 Å². The zero-order valence-corrected chi connectivity index (χ0v) is 10.2. The van der Waals surface area contributed by atoms with Gasteiger partial charge in [-0.15, -0.1) is 11.6 Å². The zero-order chi connectivity index (χ0) is 12.7. The van der Waals surface area contributed by atoms with Crippen LogP contribution in [0.3, 0.4) is 0 Å². The van der Waals surface area contributed by atoms with Gasteiger partial charge in [0.2, 0.25) is 0 Å². The quantitative estimate of drug-likeness (QED) is 0.647. The summed E-state index contributed by atoms with van der Waals surface area (Å²) in [6.45, 7) is 1.93. The second-order valence-electron chi connectivity index (χ2n) is 3.56. The van der Waals surface area contributed by atoms with Gasteiger partial charge in [-0.3, -0.25) is 0 Å². The van der Waals surface area contributed by atoms with Gasteiger partial charge in [-0.05, 0) is 36.8 Å². The highest BCUT2D eigenvalue weighted by Crippen LogP contribution is 2.04. The number of alkyl halides is 1. The average Bonchev–Trinajstić information content (AvgIpc) is 2.35. The number of rotatable bonds is 1. The van der Waals surface area contributed by atoms with Gasteiger partial charge in [0.25, 0.3) is 0 Å². The van der Waals surface area contributed by atoms with Crippen LogP contribution in [0.15, 0.2) is 48.5 Å². The van der Waals surface area contributed by atoms with Crippen LogP contribution in [0.2, 0.25) is 0 Å². The molecule has 0 radical (unpaired) electrons. The Kier molecular flexibility index (Phi) is 5.64. The molecule has 0 aromatic heterocycles. The molecule has 0 fully saturated rings. The molecule has 0 nitrogen and oxygen atoms in total. The van der Waals surface area contributed by atoms with Crippen LogP contribution in [0.4, 0.5) is 8.78 Å². The van der Waals surface area contributed by atoms with Gasteiger partial charge in [-0.2, -0.15) is 0 Å². The van der Waals surface area contributed by atoms with Gasteiger partial charge < -0.3 is 0 Å². The molecule has 17 heavy (non-hydrogen) atoms. The van der Waals surface area contributed by atoms with Crippen LogP contribution >= 0.6 is 11.6 Å². The smallest absolute Gasteiger partial charge is 0.123 e. The van der Waals surface area contributed by atoms with Gasteiger partial charge >= 0.3 is 0 Å². The Balaban J connectivity index is 0.000000171. The summed E-state index contributed by atoms with van der Waals surface area (Å²) in [5.41, 5.74) is 2.03. The topological polar surface area (TPSA) is 0 Å². The Morgan fingerprint density at radius 3 is 1.59 bits per heavy atom. The fourth-order valence-electron chi connectivity index (χ4n) is 1.11. The maximum atomic E-state index is 12.2. The van der Waals surface area contributed by atoms with Crippen LogP contribution in [0.25, 0.3) is 0 Å². The van der Waals surface area contributed by atoms with Crippen molar-refractivity contribution >= 4 is 11.6 Å². The summed E-state index contributed by atoms with van der Waals surface area (Å²) < 4.78 is 24.3. The number of halogens is 3. The van der Waals surface area contributed by atoms with Gasteiger partial charge in [0, 0.05) is 5.88 Å². The van der Waals surface area contributed by atoms with E-state index in [2.05, 4.69) is 0 Å². The van der Waals surface area contributed by atoms with Gasteiger partial charge in [0.05, 0.1) is 0 Å². The molecule has 0 atom stereocenters. The van der Waals surface area contributed by atoms with Crippen LogP contribution < -0.4 is 0 Å². The van der Waals surface area contributed by atoms with E-state index < -0.39 is 0 Å². The lowest BCUT2D eigenvalue weighted by molar-refractivity contribution is 0.627. The Bertz CT molecular complexity index is 414. The minimum absolute atomic E-state index is 0.171. The fraction of sp³-hybridized carbons (Fsp3) is 0.143. The largest absolute Gasteiger partial charge is 0.207 e. The molecule has 0 heterocycles. The van der Waals surface area contributed by atoms with E-state index in [0.717, 1.165) is 11.1 Å². The predicted octanol–water partition coefficient (Wildman–Crippen LogP) is 4.70. The molecule has 0 saturated heterocycles. The molecule has 0 aliphatic rings. The molecule has 2 rings (SSSR count). The van der Waals surface area contributed by atoms with E-state index in [4.69, 9.17) is 11.6 Å². The highest BCUT2D eigenvalue weighted by molar-refractivity contribution is 6.17. The van der Waals surface area contributed by atoms with E-state index in [1.54, 1.807) is 24.3 Å². The Morgan fingerprint density at radius 1 is 0.824 bits per heavy atom. The van der Waals surface area contributed by atoms with Crippen LogP contribution in [0.1, 0.15) is 11.1 Å². The lowest BCUT2D eigenvalue weighted by Gasteiger charge is -1.91. The first-order valence-electron chi connectivity index (χ1n) is 5.14. The standard InChI is InChI=1S/C7H6ClF.C7H7F/c8-5-6-1-3-7(9)4-2-6;1-6-2-4-7(8)5-3-6/h1-4H,5H2;2-5H,1H3. The van der Waals surface area contributed by atoms with E-state index in [1.807, 2.05) is 6.92 Å². The third kappa shape index (κ3) is 5.45. The molecule has 0 unspecified atom stereocenters. The van der Waals surface area contributed by atoms with E-state index in [-0.39, 0.29) is 11.6 Å². The highest BCUT2D eigenvalue weighted by atomic mass is 35.5. The lowest BCUT2D eigenvalue weighted by atomic mass is 10.2. The van der Waals surface area contributed by atoms with Crippen molar-refractivity contribution < 1.29 is 8.78 Å². The van der Waals surface area contributed by atoms with E-state index in [9.17, 15) is 8.78 Å². The van der Waals surface area contributed by atoms with Crippen molar-refractivity contribution in [3.8, 4) is 0 Å². The molecule has 2 aromatic carbocycles. The third-order valence-electron chi connectivity index (χ3n) is 2.08. The van der Waals surface area contributed by atoms with Crippen molar-refractivity contribution in [1.82, 2.24) is 0 Å². The number of aryl methyl sites for hydroxylation is 1. The summed E-state index contributed by atoms with van der Waals surface area (Å²) in [7, 11) is 0. The summed E-state index contributed by atoms with van der Waals surface area (Å²) in [6.07, 6.45) is 0. The summed E-state index contributed by atoms with van der Waals surface area (Å²) in [4.78, 5) is 0. The number of benzene rings is 2. The summed E-state index contributed by atoms with van der Waals surface area (Å²) in [5.74, 6) is 0.0553. The molecule has 0 amide bonds. The van der Waals surface area contributed by atoms with Crippen molar-refractivity contribution in [3.63, 3.8) is 0 Å². The monoisotopic (exact) mass is 254 g/mol. The fourth-order valence-corrected chi connectivity index (χ4v) is 1.28. The normalized spacial score (nSPS) is 9.41. The molecule has 0 spiro atoms. The van der Waals surface area contributed by atoms with Gasteiger partial charge in [-0.1, -0.05) is 29.8 Å². The van der Waals surface area contributed by atoms with Crippen LogP contribution in [-0.2, 0) is 5.88 Å². The molecule has 0 saturated carbocycles. The Labute approximate surface area is 105 Å². The van der Waals surface area contributed by atoms with Crippen molar-refractivity contribution in [2.45, 2.75) is 12.8 Å². The number of hydrogen-bond acceptors (Lipinski definition) is 0. The Morgan fingerprint density at radius 2 is 1.24 bits per heavy atom. The Hall–Kier alpha value is -1.41. The van der Waals surface area contributed by atoms with Crippen molar-refractivity contribution in [2.75, 3.05) is 0 Å². The third-order valence-corrected chi connectivity index (χ3v) is 2.39. The van der Waals surface area contributed by atoms with Gasteiger partial charge in [-0.25, -0.2) is 8.78 Å². The summed E-state index contributed by atoms with van der Waals surface area (Å²) in [6, 6.07) is 12.5. The minimum atomic E-state index is -0.219. The second kappa shape index (κ2) is 7.02. The van der Waals surface area contributed by atoms with Crippen LogP contribution in [0.5, 0.6) is 0 Å². The molecule has 0 aliphatic carbocycles. The molecule has 0 aliphatic heterocycles. The first-order chi connectivity index (χ1) is 8.11. The van der Waals surface area contributed by atoms with Crippen LogP contribution in [-0.4, -0.2) is 0 Å². The zero-order valence-electron chi connectivity index (χ0n) is 9.46. The van der Waals surface area contributed by atoms with Gasteiger partial charge in [0.1, 0.15) is 11.6 Å². The maximum Gasteiger partial charge on any atom is 0.123 e. The summed E-state index contributed by atoms with van der Waals surface area (Å²) in [5, 5.41) is 0. The lowest BCUT2D eigenvalue weighted by Crippen LogP contribution is -1.76. The SMILES string of the molecule is Cc1ccc(F)cc1.Fc1ccc(CCl)cc1. The molecular formula is C14H13ClF2.